The first-order chi connectivity index (χ1) is 14.1. The maximum atomic E-state index is 13.1. The van der Waals surface area contributed by atoms with Gasteiger partial charge in [-0.3, -0.25) is 10.2 Å². The molecule has 0 aromatic heterocycles. The molecule has 0 bridgehead atoms. The van der Waals surface area contributed by atoms with E-state index in [0.29, 0.717) is 17.0 Å². The van der Waals surface area contributed by atoms with E-state index in [-0.39, 0.29) is 12.5 Å². The number of nitrogens with one attached hydrogen (secondary N) is 1. The molecule has 0 saturated carbocycles. The van der Waals surface area contributed by atoms with Crippen LogP contribution in [0.25, 0.3) is 0 Å². The number of hydrogen-bond acceptors (Lipinski definition) is 3. The van der Waals surface area contributed by atoms with Crippen molar-refractivity contribution in [3.05, 3.63) is 102 Å². The zero-order chi connectivity index (χ0) is 20.2. The molecular weight excluding hydrogens is 364 g/mol. The van der Waals surface area contributed by atoms with Gasteiger partial charge in [-0.1, -0.05) is 66.2 Å². The predicted octanol–water partition coefficient (Wildman–Crippen LogP) is 3.99. The van der Waals surface area contributed by atoms with Crippen molar-refractivity contribution in [2.24, 2.45) is 5.10 Å². The third-order valence-corrected chi connectivity index (χ3v) is 4.60. The Bertz CT molecular complexity index is 1050. The Balaban J connectivity index is 1.65. The molecule has 6 nitrogen and oxygen atoms in total. The summed E-state index contributed by atoms with van der Waals surface area (Å²) in [5.41, 5.74) is 6.46. The normalized spacial score (nSPS) is 13.8. The minimum absolute atomic E-state index is 0.170. The second-order valence-electron chi connectivity index (χ2n) is 6.74. The molecule has 3 aromatic carbocycles. The molecule has 6 heteroatoms. The van der Waals surface area contributed by atoms with Crippen LogP contribution in [0.5, 0.6) is 0 Å². The number of para-hydroxylation sites is 1. The molecule has 0 saturated heterocycles. The fraction of sp³-hybridized carbons (Fsp3) is 0.0870. The first-order valence-corrected chi connectivity index (χ1v) is 9.29. The van der Waals surface area contributed by atoms with Crippen LogP contribution in [-0.2, 0) is 0 Å². The summed E-state index contributed by atoms with van der Waals surface area (Å²) in [4.78, 5) is 25.7. The third kappa shape index (κ3) is 4.01. The summed E-state index contributed by atoms with van der Waals surface area (Å²) in [6, 6.07) is 25.5. The number of urea groups is 1. The average molecular weight is 384 g/mol. The summed E-state index contributed by atoms with van der Waals surface area (Å²) in [7, 11) is 0. The topological polar surface area (TPSA) is 65.0 Å². The van der Waals surface area contributed by atoms with E-state index in [9.17, 15) is 9.59 Å². The van der Waals surface area contributed by atoms with Gasteiger partial charge in [0.05, 0.1) is 17.9 Å². The van der Waals surface area contributed by atoms with Crippen molar-refractivity contribution < 1.29 is 9.59 Å². The van der Waals surface area contributed by atoms with Gasteiger partial charge in [0.2, 0.25) is 0 Å². The summed E-state index contributed by atoms with van der Waals surface area (Å²) in [6.45, 7) is 2.12. The second-order valence-corrected chi connectivity index (χ2v) is 6.74. The maximum Gasteiger partial charge on any atom is 0.364 e. The minimum Gasteiger partial charge on any atom is -0.267 e. The van der Waals surface area contributed by atoms with Crippen molar-refractivity contribution in [1.82, 2.24) is 10.4 Å². The van der Waals surface area contributed by atoms with Crippen LogP contribution in [0, 0.1) is 6.92 Å². The molecule has 0 spiro atoms. The monoisotopic (exact) mass is 384 g/mol. The molecule has 1 aliphatic heterocycles. The molecule has 0 unspecified atom stereocenters. The lowest BCUT2D eigenvalue weighted by atomic mass is 10.1. The highest BCUT2D eigenvalue weighted by Gasteiger charge is 2.31. The van der Waals surface area contributed by atoms with E-state index in [1.165, 1.54) is 10.0 Å². The Morgan fingerprint density at radius 2 is 1.52 bits per heavy atom. The van der Waals surface area contributed by atoms with Crippen molar-refractivity contribution in [3.8, 4) is 0 Å². The second kappa shape index (κ2) is 7.98. The molecule has 1 heterocycles. The summed E-state index contributed by atoms with van der Waals surface area (Å²) in [5.74, 6) is -0.347. The highest BCUT2D eigenvalue weighted by molar-refractivity contribution is 6.10. The molecule has 0 radical (unpaired) electrons. The lowest BCUT2D eigenvalue weighted by Gasteiger charge is -2.33. The zero-order valence-corrected chi connectivity index (χ0v) is 15.9. The van der Waals surface area contributed by atoms with E-state index in [0.717, 1.165) is 11.1 Å². The van der Waals surface area contributed by atoms with E-state index in [2.05, 4.69) is 10.5 Å². The van der Waals surface area contributed by atoms with Gasteiger partial charge in [0.1, 0.15) is 0 Å². The van der Waals surface area contributed by atoms with Crippen LogP contribution in [0.4, 0.5) is 10.5 Å². The van der Waals surface area contributed by atoms with E-state index in [1.54, 1.807) is 24.3 Å². The molecule has 144 valence electrons. The van der Waals surface area contributed by atoms with Crippen molar-refractivity contribution in [1.29, 1.82) is 0 Å². The molecule has 0 aliphatic carbocycles. The Kier molecular flexibility index (Phi) is 5.07. The molecule has 3 aromatic rings. The molecule has 29 heavy (non-hydrogen) atoms. The minimum atomic E-state index is -0.420. The average Bonchev–Trinajstić information content (AvgIpc) is 2.77. The first-order valence-electron chi connectivity index (χ1n) is 9.29. The Hall–Kier alpha value is -3.93. The van der Waals surface area contributed by atoms with Crippen LogP contribution in [0.3, 0.4) is 0 Å². The Labute approximate surface area is 169 Å². The Morgan fingerprint density at radius 3 is 2.17 bits per heavy atom. The summed E-state index contributed by atoms with van der Waals surface area (Å²) < 4.78 is 0. The van der Waals surface area contributed by atoms with Crippen LogP contribution in [-0.4, -0.2) is 29.2 Å². The molecular formula is C23H20N4O2. The number of rotatable bonds is 4. The van der Waals surface area contributed by atoms with Gasteiger partial charge in [-0.2, -0.15) is 10.1 Å². The number of anilines is 1. The highest BCUT2D eigenvalue weighted by Crippen LogP contribution is 2.20. The van der Waals surface area contributed by atoms with Crippen molar-refractivity contribution in [3.63, 3.8) is 0 Å². The van der Waals surface area contributed by atoms with Crippen molar-refractivity contribution >= 4 is 23.3 Å². The largest absolute Gasteiger partial charge is 0.364 e. The summed E-state index contributed by atoms with van der Waals surface area (Å²) in [6.07, 6.45) is 0. The first kappa shape index (κ1) is 18.4. The predicted molar refractivity (Wildman–Crippen MR) is 113 cm³/mol. The molecule has 1 N–H and O–H groups in total. The van der Waals surface area contributed by atoms with E-state index < -0.39 is 6.03 Å². The number of hydrogen-bond donors (Lipinski definition) is 1. The number of carbonyl (C=O) groups is 2. The summed E-state index contributed by atoms with van der Waals surface area (Å²) in [5, 5.41) is 7.16. The lowest BCUT2D eigenvalue weighted by molar-refractivity contribution is 0.0845. The van der Waals surface area contributed by atoms with Gasteiger partial charge in [0.25, 0.3) is 5.91 Å². The number of amides is 3. The van der Waals surface area contributed by atoms with Crippen molar-refractivity contribution in [2.75, 3.05) is 11.6 Å². The van der Waals surface area contributed by atoms with Crippen LogP contribution < -0.4 is 10.4 Å². The number of hydrazine groups is 1. The zero-order valence-electron chi connectivity index (χ0n) is 15.9. The van der Waals surface area contributed by atoms with E-state index in [4.69, 9.17) is 0 Å². The Morgan fingerprint density at radius 1 is 0.897 bits per heavy atom. The highest BCUT2D eigenvalue weighted by atomic mass is 16.2. The van der Waals surface area contributed by atoms with Gasteiger partial charge in [-0.15, -0.1) is 0 Å². The fourth-order valence-electron chi connectivity index (χ4n) is 3.02. The van der Waals surface area contributed by atoms with Gasteiger partial charge >= 0.3 is 6.03 Å². The number of carbonyl (C=O) groups excluding carboxylic acids is 2. The van der Waals surface area contributed by atoms with Gasteiger partial charge in [-0.05, 0) is 36.8 Å². The van der Waals surface area contributed by atoms with Gasteiger partial charge in [0, 0.05) is 5.56 Å². The van der Waals surface area contributed by atoms with E-state index >= 15 is 0 Å². The number of hydrazone groups is 1. The smallest absolute Gasteiger partial charge is 0.267 e. The van der Waals surface area contributed by atoms with Gasteiger partial charge in [0.15, 0.2) is 0 Å². The van der Waals surface area contributed by atoms with Crippen LogP contribution in [0.1, 0.15) is 21.5 Å². The lowest BCUT2D eigenvalue weighted by Crippen LogP contribution is -2.56. The molecule has 0 fully saturated rings. The van der Waals surface area contributed by atoms with Crippen LogP contribution in [0.15, 0.2) is 90.0 Å². The molecule has 1 aliphatic rings. The summed E-state index contributed by atoms with van der Waals surface area (Å²) >= 11 is 0. The van der Waals surface area contributed by atoms with E-state index in [1.807, 2.05) is 67.6 Å². The number of benzene rings is 3. The maximum absolute atomic E-state index is 13.1. The van der Waals surface area contributed by atoms with Crippen LogP contribution >= 0.6 is 0 Å². The van der Waals surface area contributed by atoms with Gasteiger partial charge < -0.3 is 0 Å². The molecule has 4 rings (SSSR count). The van der Waals surface area contributed by atoms with Gasteiger partial charge in [-0.25, -0.2) is 9.80 Å². The third-order valence-electron chi connectivity index (χ3n) is 4.60. The van der Waals surface area contributed by atoms with Crippen molar-refractivity contribution in [2.45, 2.75) is 6.92 Å². The SMILES string of the molecule is Cc1ccc(C(=O)NN2CC(c3ccccc3)=NN(c3ccccc3)C2=O)cc1. The fourth-order valence-corrected chi connectivity index (χ4v) is 3.02. The standard InChI is InChI=1S/C23H20N4O2/c1-17-12-14-19(15-13-17)22(28)25-26-16-21(18-8-4-2-5-9-18)24-27(23(26)29)20-10-6-3-7-11-20/h2-15H,16H2,1H3,(H,25,28). The quantitative estimate of drug-likeness (QED) is 0.739. The molecule has 3 amide bonds. The molecule has 0 atom stereocenters. The number of aryl methyl sites for hydroxylation is 1. The van der Waals surface area contributed by atoms with Crippen LogP contribution in [0.2, 0.25) is 0 Å². The number of nitrogens with zero attached hydrogens (tertiary/aromatic N) is 3.